The molecule has 0 aliphatic heterocycles. The number of hydrogen-bond donors (Lipinski definition) is 3. The van der Waals surface area contributed by atoms with Crippen molar-refractivity contribution in [3.05, 3.63) is 40.0 Å². The number of nitrogens with two attached hydrogens (primary N) is 1. The van der Waals surface area contributed by atoms with Crippen molar-refractivity contribution in [2.24, 2.45) is 0 Å². The first-order valence-electron chi connectivity index (χ1n) is 4.73. The molecule has 0 atom stereocenters. The second-order valence-corrected chi connectivity index (χ2v) is 4.31. The van der Waals surface area contributed by atoms with Crippen molar-refractivity contribution < 1.29 is 13.6 Å². The standard InChI is InChI=1S/C10H7BrF2N4O/c11-4-1-6(12)8(7(13)2-4)16-10(18)5-3-15-17-9(5)14/h1-3H,(H,16,18)(H3,14,15,17). The summed E-state index contributed by atoms with van der Waals surface area (Å²) in [6, 6.07) is 2.08. The van der Waals surface area contributed by atoms with Gasteiger partial charge in [0.25, 0.3) is 5.91 Å². The van der Waals surface area contributed by atoms with Crippen molar-refractivity contribution in [1.29, 1.82) is 0 Å². The first-order chi connectivity index (χ1) is 8.49. The van der Waals surface area contributed by atoms with E-state index in [0.29, 0.717) is 0 Å². The summed E-state index contributed by atoms with van der Waals surface area (Å²) in [5.74, 6) is -2.51. The number of nitrogens with zero attached hydrogens (tertiary/aromatic N) is 1. The highest BCUT2D eigenvalue weighted by atomic mass is 79.9. The highest BCUT2D eigenvalue weighted by Gasteiger charge is 2.17. The largest absolute Gasteiger partial charge is 0.383 e. The number of hydrogen-bond acceptors (Lipinski definition) is 3. The second-order valence-electron chi connectivity index (χ2n) is 3.40. The number of nitrogen functional groups attached to an aromatic ring is 1. The van der Waals surface area contributed by atoms with E-state index in [1.165, 1.54) is 6.20 Å². The van der Waals surface area contributed by atoms with Gasteiger partial charge in [0.15, 0.2) is 11.6 Å². The normalized spacial score (nSPS) is 10.4. The van der Waals surface area contributed by atoms with Crippen LogP contribution in [0.2, 0.25) is 0 Å². The molecule has 0 aliphatic carbocycles. The third-order valence-corrected chi connectivity index (χ3v) is 2.62. The highest BCUT2D eigenvalue weighted by molar-refractivity contribution is 9.10. The van der Waals surface area contributed by atoms with E-state index in [-0.39, 0.29) is 15.9 Å². The van der Waals surface area contributed by atoms with Crippen molar-refractivity contribution in [3.63, 3.8) is 0 Å². The monoisotopic (exact) mass is 316 g/mol. The van der Waals surface area contributed by atoms with Crippen LogP contribution in [0.15, 0.2) is 22.8 Å². The van der Waals surface area contributed by atoms with E-state index in [9.17, 15) is 13.6 Å². The van der Waals surface area contributed by atoms with Gasteiger partial charge in [-0.25, -0.2) is 8.78 Å². The van der Waals surface area contributed by atoms with E-state index in [1.807, 2.05) is 0 Å². The lowest BCUT2D eigenvalue weighted by Crippen LogP contribution is -2.15. The predicted octanol–water partition coefficient (Wildman–Crippen LogP) is 2.28. The number of rotatable bonds is 2. The zero-order valence-corrected chi connectivity index (χ0v) is 10.4. The van der Waals surface area contributed by atoms with E-state index >= 15 is 0 Å². The van der Waals surface area contributed by atoms with Gasteiger partial charge >= 0.3 is 0 Å². The van der Waals surface area contributed by atoms with Crippen LogP contribution < -0.4 is 11.1 Å². The number of carbonyl (C=O) groups is 1. The van der Waals surface area contributed by atoms with Gasteiger partial charge in [-0.05, 0) is 12.1 Å². The zero-order chi connectivity index (χ0) is 13.3. The molecule has 4 N–H and O–H groups in total. The first-order valence-corrected chi connectivity index (χ1v) is 5.53. The molecule has 2 aromatic rings. The van der Waals surface area contributed by atoms with Gasteiger partial charge in [0, 0.05) is 4.47 Å². The fourth-order valence-electron chi connectivity index (χ4n) is 1.32. The summed E-state index contributed by atoms with van der Waals surface area (Å²) < 4.78 is 27.2. The number of aromatic nitrogens is 2. The molecule has 0 bridgehead atoms. The molecule has 0 aliphatic rings. The lowest BCUT2D eigenvalue weighted by molar-refractivity contribution is 0.102. The van der Waals surface area contributed by atoms with Crippen molar-refractivity contribution in [1.82, 2.24) is 10.2 Å². The number of nitrogens with one attached hydrogen (secondary N) is 2. The molecule has 1 amide bonds. The molecule has 1 aromatic heterocycles. The number of amides is 1. The molecular weight excluding hydrogens is 310 g/mol. The van der Waals surface area contributed by atoms with Gasteiger partial charge in [-0.2, -0.15) is 5.10 Å². The number of H-pyrrole nitrogens is 1. The molecule has 1 heterocycles. The van der Waals surface area contributed by atoms with Gasteiger partial charge in [0.05, 0.1) is 6.20 Å². The van der Waals surface area contributed by atoms with E-state index in [1.54, 1.807) is 0 Å². The molecule has 1 aromatic carbocycles. The maximum Gasteiger partial charge on any atom is 0.261 e. The van der Waals surface area contributed by atoms with Crippen LogP contribution in [0, 0.1) is 11.6 Å². The van der Waals surface area contributed by atoms with Crippen LogP contribution in [-0.2, 0) is 0 Å². The molecule has 18 heavy (non-hydrogen) atoms. The minimum Gasteiger partial charge on any atom is -0.383 e. The molecule has 8 heteroatoms. The van der Waals surface area contributed by atoms with E-state index in [2.05, 4.69) is 31.4 Å². The van der Waals surface area contributed by atoms with Crippen molar-refractivity contribution in [2.45, 2.75) is 0 Å². The van der Waals surface area contributed by atoms with Gasteiger partial charge in [0.2, 0.25) is 0 Å². The van der Waals surface area contributed by atoms with Crippen LogP contribution in [0.4, 0.5) is 20.3 Å². The first kappa shape index (κ1) is 12.5. The summed E-state index contributed by atoms with van der Waals surface area (Å²) in [6.07, 6.45) is 1.17. The number of halogens is 3. The molecule has 0 spiro atoms. The quantitative estimate of drug-likeness (QED) is 0.794. The third-order valence-electron chi connectivity index (χ3n) is 2.16. The van der Waals surface area contributed by atoms with Crippen LogP contribution >= 0.6 is 15.9 Å². The fraction of sp³-hybridized carbons (Fsp3) is 0. The van der Waals surface area contributed by atoms with Gasteiger partial charge in [0.1, 0.15) is 17.1 Å². The Kier molecular flexibility index (Phi) is 3.28. The Labute approximate surface area is 109 Å². The van der Waals surface area contributed by atoms with E-state index < -0.39 is 23.2 Å². The Balaban J connectivity index is 2.31. The van der Waals surface area contributed by atoms with Gasteiger partial charge in [-0.3, -0.25) is 9.89 Å². The van der Waals surface area contributed by atoms with Crippen molar-refractivity contribution in [3.8, 4) is 0 Å². The molecule has 5 nitrogen and oxygen atoms in total. The average Bonchev–Trinajstić information content (AvgIpc) is 2.69. The lowest BCUT2D eigenvalue weighted by atomic mass is 10.2. The smallest absolute Gasteiger partial charge is 0.261 e. The summed E-state index contributed by atoms with van der Waals surface area (Å²) in [7, 11) is 0. The molecule has 94 valence electrons. The summed E-state index contributed by atoms with van der Waals surface area (Å²) in [4.78, 5) is 11.7. The maximum atomic E-state index is 13.5. The minimum absolute atomic E-state index is 0.0109. The number of carbonyl (C=O) groups excluding carboxylic acids is 1. The topological polar surface area (TPSA) is 83.8 Å². The molecule has 0 saturated carbocycles. The van der Waals surface area contributed by atoms with Crippen molar-refractivity contribution in [2.75, 3.05) is 11.1 Å². The maximum absolute atomic E-state index is 13.5. The van der Waals surface area contributed by atoms with Crippen LogP contribution in [0.1, 0.15) is 10.4 Å². The molecule has 0 fully saturated rings. The number of anilines is 2. The molecule has 0 unspecified atom stereocenters. The van der Waals surface area contributed by atoms with Crippen LogP contribution in [0.5, 0.6) is 0 Å². The Hall–Kier alpha value is -1.96. The third kappa shape index (κ3) is 2.33. The molecule has 0 radical (unpaired) electrons. The summed E-state index contributed by atoms with van der Waals surface area (Å²) in [5.41, 5.74) is 4.89. The van der Waals surface area contributed by atoms with Crippen LogP contribution in [0.25, 0.3) is 0 Å². The van der Waals surface area contributed by atoms with E-state index in [0.717, 1.165) is 12.1 Å². The van der Waals surface area contributed by atoms with Crippen LogP contribution in [-0.4, -0.2) is 16.1 Å². The predicted molar refractivity (Wildman–Crippen MR) is 65.0 cm³/mol. The summed E-state index contributed by atoms with van der Waals surface area (Å²) in [5, 5.41) is 7.98. The Morgan fingerprint density at radius 1 is 1.39 bits per heavy atom. The van der Waals surface area contributed by atoms with E-state index in [4.69, 9.17) is 5.73 Å². The minimum atomic E-state index is -0.891. The number of aromatic amines is 1. The molecule has 0 saturated heterocycles. The van der Waals surface area contributed by atoms with Gasteiger partial charge in [-0.1, -0.05) is 15.9 Å². The Bertz CT molecular complexity index is 591. The lowest BCUT2D eigenvalue weighted by Gasteiger charge is -2.07. The highest BCUT2D eigenvalue weighted by Crippen LogP contribution is 2.24. The average molecular weight is 317 g/mol. The van der Waals surface area contributed by atoms with Gasteiger partial charge < -0.3 is 11.1 Å². The molecule has 2 rings (SSSR count). The Morgan fingerprint density at radius 2 is 2.00 bits per heavy atom. The van der Waals surface area contributed by atoms with Gasteiger partial charge in [-0.15, -0.1) is 0 Å². The zero-order valence-electron chi connectivity index (χ0n) is 8.80. The Morgan fingerprint density at radius 3 is 2.50 bits per heavy atom. The fourth-order valence-corrected chi connectivity index (χ4v) is 1.72. The number of benzene rings is 1. The van der Waals surface area contributed by atoms with Crippen LogP contribution in [0.3, 0.4) is 0 Å². The summed E-state index contributed by atoms with van der Waals surface area (Å²) in [6.45, 7) is 0. The SMILES string of the molecule is Nc1[nH]ncc1C(=O)Nc1c(F)cc(Br)cc1F. The molecular formula is C10H7BrF2N4O. The summed E-state index contributed by atoms with van der Waals surface area (Å²) >= 11 is 2.94. The second kappa shape index (κ2) is 4.73. The van der Waals surface area contributed by atoms with Crippen molar-refractivity contribution >= 4 is 33.3 Å².